The van der Waals surface area contributed by atoms with Gasteiger partial charge in [-0.3, -0.25) is 0 Å². The number of hydrogen-bond acceptors (Lipinski definition) is 6. The molecule has 2 saturated heterocycles. The molecule has 0 aromatic heterocycles. The lowest BCUT2D eigenvalue weighted by molar-refractivity contribution is -0.289. The van der Waals surface area contributed by atoms with Crippen LogP contribution in [0.5, 0.6) is 0 Å². The number of ether oxygens (including phenoxy) is 3. The number of rotatable bonds is 7. The quantitative estimate of drug-likeness (QED) is 0.420. The average molecular weight is 437 g/mol. The van der Waals surface area contributed by atoms with Crippen molar-refractivity contribution in [2.45, 2.75) is 95.8 Å². The maximum absolute atomic E-state index is 10.1. The van der Waals surface area contributed by atoms with E-state index in [2.05, 4.69) is 40.0 Å². The highest BCUT2D eigenvalue weighted by Gasteiger charge is 2.58. The summed E-state index contributed by atoms with van der Waals surface area (Å²) in [6.07, 6.45) is 4.54. The summed E-state index contributed by atoms with van der Waals surface area (Å²) in [5.41, 5.74) is 0.350. The standard InChI is InChI=1S/C25H40O6/c1-8-24(6)12-9-16(13-17(24)15(2)3)25(7)19(30-25)10-11-23(4,5)31-22-21(28)20(27)18(26)14-29-22/h8,10-11,16-22,26-28H,1-2,9,12-14H2,3-7H3/b11-10+/t16-,17+,18+,19-,20+,21-,22-,24-,25-/m0/s1. The Labute approximate surface area is 186 Å². The van der Waals surface area contributed by atoms with Crippen LogP contribution in [0.25, 0.3) is 0 Å². The van der Waals surface area contributed by atoms with Crippen LogP contribution in [-0.4, -0.2) is 63.8 Å². The van der Waals surface area contributed by atoms with Crippen LogP contribution >= 0.6 is 0 Å². The van der Waals surface area contributed by atoms with E-state index < -0.39 is 30.2 Å². The largest absolute Gasteiger partial charge is 0.388 e. The van der Waals surface area contributed by atoms with Gasteiger partial charge in [-0.25, -0.2) is 0 Å². The normalized spacial score (nSPS) is 46.1. The Hall–Kier alpha value is -1.02. The summed E-state index contributed by atoms with van der Waals surface area (Å²) in [5.74, 6) is 0.849. The van der Waals surface area contributed by atoms with E-state index in [9.17, 15) is 15.3 Å². The fraction of sp³-hybridized carbons (Fsp3) is 0.760. The highest BCUT2D eigenvalue weighted by molar-refractivity contribution is 5.20. The summed E-state index contributed by atoms with van der Waals surface area (Å²) in [5, 5.41) is 29.6. The van der Waals surface area contributed by atoms with Gasteiger partial charge in [-0.2, -0.15) is 0 Å². The fourth-order valence-electron chi connectivity index (χ4n) is 5.20. The molecule has 2 aliphatic heterocycles. The molecule has 0 radical (unpaired) electrons. The molecule has 1 saturated carbocycles. The van der Waals surface area contributed by atoms with Gasteiger partial charge in [0.05, 0.1) is 17.8 Å². The zero-order valence-electron chi connectivity index (χ0n) is 19.6. The van der Waals surface area contributed by atoms with Crippen LogP contribution in [0.2, 0.25) is 0 Å². The summed E-state index contributed by atoms with van der Waals surface area (Å²) >= 11 is 0. The second kappa shape index (κ2) is 8.73. The molecule has 6 heteroatoms. The summed E-state index contributed by atoms with van der Waals surface area (Å²) in [6, 6.07) is 0. The number of epoxide rings is 1. The van der Waals surface area contributed by atoms with E-state index >= 15 is 0 Å². The Kier molecular flexibility index (Phi) is 6.93. The maximum Gasteiger partial charge on any atom is 0.187 e. The van der Waals surface area contributed by atoms with Crippen LogP contribution in [-0.2, 0) is 14.2 Å². The minimum absolute atomic E-state index is 0.00356. The zero-order chi connectivity index (χ0) is 23.2. The summed E-state index contributed by atoms with van der Waals surface area (Å²) in [6.45, 7) is 18.5. The molecule has 3 fully saturated rings. The molecule has 6 nitrogen and oxygen atoms in total. The summed E-state index contributed by atoms with van der Waals surface area (Å²) in [4.78, 5) is 0. The monoisotopic (exact) mass is 436 g/mol. The van der Waals surface area contributed by atoms with Crippen molar-refractivity contribution in [2.75, 3.05) is 6.61 Å². The van der Waals surface area contributed by atoms with Gasteiger partial charge in [0.2, 0.25) is 0 Å². The molecular formula is C25H40O6. The van der Waals surface area contributed by atoms with Gasteiger partial charge >= 0.3 is 0 Å². The van der Waals surface area contributed by atoms with Gasteiger partial charge < -0.3 is 29.5 Å². The highest BCUT2D eigenvalue weighted by atomic mass is 16.7. The van der Waals surface area contributed by atoms with Crippen LogP contribution in [0.4, 0.5) is 0 Å². The first-order valence-electron chi connectivity index (χ1n) is 11.3. The van der Waals surface area contributed by atoms with Crippen LogP contribution in [0.1, 0.15) is 53.9 Å². The fourth-order valence-corrected chi connectivity index (χ4v) is 5.20. The van der Waals surface area contributed by atoms with E-state index in [1.54, 1.807) is 0 Å². The van der Waals surface area contributed by atoms with E-state index in [1.165, 1.54) is 5.57 Å². The van der Waals surface area contributed by atoms with E-state index in [1.807, 2.05) is 26.0 Å². The molecule has 0 amide bonds. The van der Waals surface area contributed by atoms with E-state index in [-0.39, 0.29) is 23.7 Å². The third kappa shape index (κ3) is 5.00. The van der Waals surface area contributed by atoms with E-state index in [4.69, 9.17) is 14.2 Å². The molecule has 176 valence electrons. The predicted molar refractivity (Wildman–Crippen MR) is 119 cm³/mol. The zero-order valence-corrected chi connectivity index (χ0v) is 19.6. The molecule has 0 aromatic rings. The van der Waals surface area contributed by atoms with Crippen molar-refractivity contribution in [1.29, 1.82) is 0 Å². The summed E-state index contributed by atoms with van der Waals surface area (Å²) < 4.78 is 17.4. The van der Waals surface area contributed by atoms with Gasteiger partial charge in [0, 0.05) is 0 Å². The maximum atomic E-state index is 10.1. The first-order chi connectivity index (χ1) is 14.3. The minimum atomic E-state index is -1.31. The summed E-state index contributed by atoms with van der Waals surface area (Å²) in [7, 11) is 0. The predicted octanol–water partition coefficient (Wildman–Crippen LogP) is 3.12. The van der Waals surface area contributed by atoms with Crippen LogP contribution in [0.15, 0.2) is 37.0 Å². The Morgan fingerprint density at radius 3 is 2.48 bits per heavy atom. The molecule has 1 aliphatic carbocycles. The third-order valence-corrected chi connectivity index (χ3v) is 7.65. The second-order valence-electron chi connectivity index (χ2n) is 10.6. The third-order valence-electron chi connectivity index (χ3n) is 7.65. The lowest BCUT2D eigenvalue weighted by atomic mass is 9.60. The lowest BCUT2D eigenvalue weighted by Crippen LogP contribution is -2.55. The molecule has 9 atom stereocenters. The highest BCUT2D eigenvalue weighted by Crippen LogP contribution is 2.55. The molecule has 2 heterocycles. The topological polar surface area (TPSA) is 91.7 Å². The second-order valence-corrected chi connectivity index (χ2v) is 10.6. The SMILES string of the molecule is C=C[C@@]1(C)CC[C@H]([C@]2(C)O[C@H]2/C=C/C(C)(C)O[C@@H]2OC[C@@H](O)[C@@H](O)[C@@H]2O)C[C@@H]1C(=C)C. The first-order valence-corrected chi connectivity index (χ1v) is 11.3. The molecule has 0 bridgehead atoms. The van der Waals surface area contributed by atoms with Gasteiger partial charge in [-0.05, 0) is 64.2 Å². The Morgan fingerprint density at radius 1 is 1.19 bits per heavy atom. The lowest BCUT2D eigenvalue weighted by Gasteiger charge is -2.44. The molecular weight excluding hydrogens is 396 g/mol. The number of hydrogen-bond donors (Lipinski definition) is 3. The Balaban J connectivity index is 1.60. The Morgan fingerprint density at radius 2 is 1.87 bits per heavy atom. The Bertz CT molecular complexity index is 717. The number of allylic oxidation sites excluding steroid dienone is 2. The van der Waals surface area contributed by atoms with Crippen LogP contribution < -0.4 is 0 Å². The number of aliphatic hydroxyl groups is 3. The van der Waals surface area contributed by atoms with Crippen molar-refractivity contribution >= 4 is 0 Å². The molecule has 0 unspecified atom stereocenters. The van der Waals surface area contributed by atoms with Crippen molar-refractivity contribution in [2.24, 2.45) is 17.3 Å². The van der Waals surface area contributed by atoms with Gasteiger partial charge in [-0.15, -0.1) is 6.58 Å². The van der Waals surface area contributed by atoms with Crippen molar-refractivity contribution < 1.29 is 29.5 Å². The minimum Gasteiger partial charge on any atom is -0.388 e. The molecule has 31 heavy (non-hydrogen) atoms. The van der Waals surface area contributed by atoms with Crippen molar-refractivity contribution in [1.82, 2.24) is 0 Å². The van der Waals surface area contributed by atoms with E-state index in [0.29, 0.717) is 11.8 Å². The number of aliphatic hydroxyl groups excluding tert-OH is 3. The van der Waals surface area contributed by atoms with Gasteiger partial charge in [-0.1, -0.05) is 37.3 Å². The van der Waals surface area contributed by atoms with Crippen molar-refractivity contribution in [3.8, 4) is 0 Å². The van der Waals surface area contributed by atoms with Crippen molar-refractivity contribution in [3.05, 3.63) is 37.0 Å². The molecule has 3 aliphatic rings. The average Bonchev–Trinajstić information content (AvgIpc) is 3.38. The first kappa shape index (κ1) is 24.6. The molecule has 0 spiro atoms. The smallest absolute Gasteiger partial charge is 0.187 e. The van der Waals surface area contributed by atoms with Gasteiger partial charge in [0.15, 0.2) is 6.29 Å². The van der Waals surface area contributed by atoms with Crippen LogP contribution in [0, 0.1) is 17.3 Å². The molecule has 3 rings (SSSR count). The molecule has 3 N–H and O–H groups in total. The van der Waals surface area contributed by atoms with Crippen molar-refractivity contribution in [3.63, 3.8) is 0 Å². The van der Waals surface area contributed by atoms with Gasteiger partial charge in [0.25, 0.3) is 0 Å². The van der Waals surface area contributed by atoms with Crippen LogP contribution in [0.3, 0.4) is 0 Å². The van der Waals surface area contributed by atoms with E-state index in [0.717, 1.165) is 19.3 Å². The van der Waals surface area contributed by atoms with Gasteiger partial charge in [0.1, 0.15) is 24.4 Å². The molecule has 0 aromatic carbocycles.